The quantitative estimate of drug-likeness (QED) is 0.681. The number of hydrogen-bond donors (Lipinski definition) is 1. The third kappa shape index (κ3) is 6.02. The second-order valence-corrected chi connectivity index (χ2v) is 5.80. The Morgan fingerprint density at radius 1 is 0.926 bits per heavy atom. The zero-order valence-corrected chi connectivity index (χ0v) is 16.0. The van der Waals surface area contributed by atoms with Crippen molar-refractivity contribution in [2.45, 2.75) is 20.8 Å². The number of ether oxygens (including phenoxy) is 2. The summed E-state index contributed by atoms with van der Waals surface area (Å²) in [4.78, 5) is 25.9. The van der Waals surface area contributed by atoms with Gasteiger partial charge in [0.25, 0.3) is 5.91 Å². The van der Waals surface area contributed by atoms with E-state index in [0.29, 0.717) is 17.9 Å². The SMILES string of the molecule is CCOC(=O)c1ccc(OCC(=O)Nc2ccc(N(CC)CC)cc2)cc1. The molecule has 0 saturated heterocycles. The minimum absolute atomic E-state index is 0.115. The summed E-state index contributed by atoms with van der Waals surface area (Å²) >= 11 is 0. The van der Waals surface area contributed by atoms with Crippen LogP contribution in [0.25, 0.3) is 0 Å². The summed E-state index contributed by atoms with van der Waals surface area (Å²) in [5.41, 5.74) is 2.29. The van der Waals surface area contributed by atoms with Crippen LogP contribution in [0, 0.1) is 0 Å². The van der Waals surface area contributed by atoms with Crippen molar-refractivity contribution in [1.29, 1.82) is 0 Å². The third-order valence-corrected chi connectivity index (χ3v) is 4.02. The number of benzene rings is 2. The molecule has 0 spiro atoms. The van der Waals surface area contributed by atoms with Crippen molar-refractivity contribution in [3.05, 3.63) is 54.1 Å². The number of carbonyl (C=O) groups is 2. The van der Waals surface area contributed by atoms with E-state index in [1.165, 1.54) is 0 Å². The van der Waals surface area contributed by atoms with Crippen molar-refractivity contribution in [3.8, 4) is 5.75 Å². The molecule has 1 amide bonds. The molecule has 0 unspecified atom stereocenters. The van der Waals surface area contributed by atoms with Gasteiger partial charge in [-0.25, -0.2) is 4.79 Å². The van der Waals surface area contributed by atoms with E-state index < -0.39 is 0 Å². The Labute approximate surface area is 160 Å². The zero-order valence-electron chi connectivity index (χ0n) is 16.0. The Morgan fingerprint density at radius 3 is 2.11 bits per heavy atom. The van der Waals surface area contributed by atoms with Gasteiger partial charge in [0, 0.05) is 24.5 Å². The van der Waals surface area contributed by atoms with Crippen LogP contribution in [-0.2, 0) is 9.53 Å². The second kappa shape index (κ2) is 10.2. The van der Waals surface area contributed by atoms with E-state index in [9.17, 15) is 9.59 Å². The monoisotopic (exact) mass is 370 g/mol. The van der Waals surface area contributed by atoms with E-state index in [4.69, 9.17) is 9.47 Å². The first-order valence-electron chi connectivity index (χ1n) is 9.12. The average Bonchev–Trinajstić information content (AvgIpc) is 2.69. The first kappa shape index (κ1) is 20.3. The first-order chi connectivity index (χ1) is 13.1. The van der Waals surface area contributed by atoms with E-state index in [0.717, 1.165) is 24.5 Å². The highest BCUT2D eigenvalue weighted by molar-refractivity contribution is 5.92. The van der Waals surface area contributed by atoms with E-state index in [-0.39, 0.29) is 18.5 Å². The number of rotatable bonds is 9. The number of nitrogens with zero attached hydrogens (tertiary/aromatic N) is 1. The molecule has 27 heavy (non-hydrogen) atoms. The van der Waals surface area contributed by atoms with Crippen LogP contribution in [0.3, 0.4) is 0 Å². The fraction of sp³-hybridized carbons (Fsp3) is 0.333. The lowest BCUT2D eigenvalue weighted by atomic mass is 10.2. The molecule has 0 atom stereocenters. The van der Waals surface area contributed by atoms with Gasteiger partial charge in [0.1, 0.15) is 5.75 Å². The molecule has 0 aliphatic carbocycles. The number of carbonyl (C=O) groups excluding carboxylic acids is 2. The van der Waals surface area contributed by atoms with Gasteiger partial charge in [-0.05, 0) is 69.3 Å². The number of amides is 1. The Hall–Kier alpha value is -3.02. The van der Waals surface area contributed by atoms with Gasteiger partial charge >= 0.3 is 5.97 Å². The predicted molar refractivity (Wildman–Crippen MR) is 107 cm³/mol. The number of nitrogens with one attached hydrogen (secondary N) is 1. The molecular weight excluding hydrogens is 344 g/mol. The van der Waals surface area contributed by atoms with Crippen molar-refractivity contribution >= 4 is 23.3 Å². The highest BCUT2D eigenvalue weighted by Gasteiger charge is 2.08. The Bertz CT molecular complexity index is 738. The van der Waals surface area contributed by atoms with Gasteiger partial charge in [0.15, 0.2) is 6.61 Å². The molecule has 1 N–H and O–H groups in total. The summed E-state index contributed by atoms with van der Waals surface area (Å²) in [6, 6.07) is 14.2. The third-order valence-electron chi connectivity index (χ3n) is 4.02. The van der Waals surface area contributed by atoms with Gasteiger partial charge in [0.05, 0.1) is 12.2 Å². The van der Waals surface area contributed by atoms with Gasteiger partial charge < -0.3 is 19.7 Å². The van der Waals surface area contributed by atoms with Crippen molar-refractivity contribution in [1.82, 2.24) is 0 Å². The lowest BCUT2D eigenvalue weighted by Gasteiger charge is -2.21. The van der Waals surface area contributed by atoms with E-state index >= 15 is 0 Å². The maximum atomic E-state index is 12.1. The molecule has 2 rings (SSSR count). The van der Waals surface area contributed by atoms with Crippen LogP contribution in [0.15, 0.2) is 48.5 Å². The molecule has 0 radical (unpaired) electrons. The minimum atomic E-state index is -0.380. The summed E-state index contributed by atoms with van der Waals surface area (Å²) in [5, 5.41) is 2.80. The minimum Gasteiger partial charge on any atom is -0.484 e. The van der Waals surface area contributed by atoms with Crippen LogP contribution >= 0.6 is 0 Å². The molecule has 0 fully saturated rings. The Morgan fingerprint density at radius 2 is 1.56 bits per heavy atom. The fourth-order valence-electron chi connectivity index (χ4n) is 2.59. The van der Waals surface area contributed by atoms with E-state index in [1.807, 2.05) is 24.3 Å². The molecule has 0 heterocycles. The number of anilines is 2. The van der Waals surface area contributed by atoms with Gasteiger partial charge in [-0.1, -0.05) is 0 Å². The standard InChI is InChI=1S/C21H26N2O4/c1-4-23(5-2)18-11-9-17(10-12-18)22-20(24)15-27-19-13-7-16(8-14-19)21(25)26-6-3/h7-14H,4-6,15H2,1-3H3,(H,22,24). The topological polar surface area (TPSA) is 67.9 Å². The van der Waals surface area contributed by atoms with Crippen molar-refractivity contribution < 1.29 is 19.1 Å². The van der Waals surface area contributed by atoms with Crippen LogP contribution in [0.2, 0.25) is 0 Å². The lowest BCUT2D eigenvalue weighted by molar-refractivity contribution is -0.118. The molecule has 2 aromatic rings. The summed E-state index contributed by atoms with van der Waals surface area (Å²) < 4.78 is 10.4. The van der Waals surface area contributed by atoms with Crippen molar-refractivity contribution in [3.63, 3.8) is 0 Å². The largest absolute Gasteiger partial charge is 0.484 e. The molecule has 0 aliphatic heterocycles. The van der Waals surface area contributed by atoms with Crippen LogP contribution in [0.4, 0.5) is 11.4 Å². The highest BCUT2D eigenvalue weighted by atomic mass is 16.5. The van der Waals surface area contributed by atoms with Gasteiger partial charge in [-0.15, -0.1) is 0 Å². The van der Waals surface area contributed by atoms with Crippen molar-refractivity contribution in [2.24, 2.45) is 0 Å². The molecule has 6 nitrogen and oxygen atoms in total. The van der Waals surface area contributed by atoms with Crippen LogP contribution < -0.4 is 15.0 Å². The van der Waals surface area contributed by atoms with Gasteiger partial charge in [-0.2, -0.15) is 0 Å². The Balaban J connectivity index is 1.84. The molecule has 0 saturated carbocycles. The molecule has 144 valence electrons. The van der Waals surface area contributed by atoms with Crippen LogP contribution in [0.1, 0.15) is 31.1 Å². The van der Waals surface area contributed by atoms with Gasteiger partial charge in [-0.3, -0.25) is 4.79 Å². The molecule has 0 aliphatic rings. The Kier molecular flexibility index (Phi) is 7.67. The average molecular weight is 370 g/mol. The summed E-state index contributed by atoms with van der Waals surface area (Å²) in [6.45, 7) is 8.05. The first-order valence-corrected chi connectivity index (χ1v) is 9.12. The molecular formula is C21H26N2O4. The maximum Gasteiger partial charge on any atom is 0.338 e. The molecule has 0 bridgehead atoms. The lowest BCUT2D eigenvalue weighted by Crippen LogP contribution is -2.22. The molecule has 6 heteroatoms. The van der Waals surface area contributed by atoms with Crippen LogP contribution in [0.5, 0.6) is 5.75 Å². The summed E-state index contributed by atoms with van der Waals surface area (Å²) in [5.74, 6) is -0.120. The van der Waals surface area contributed by atoms with Crippen LogP contribution in [-0.4, -0.2) is 38.2 Å². The normalized spacial score (nSPS) is 10.2. The smallest absolute Gasteiger partial charge is 0.338 e. The van der Waals surface area contributed by atoms with E-state index in [2.05, 4.69) is 24.1 Å². The number of esters is 1. The number of hydrogen-bond acceptors (Lipinski definition) is 5. The molecule has 0 aromatic heterocycles. The molecule has 2 aromatic carbocycles. The summed E-state index contributed by atoms with van der Waals surface area (Å²) in [6.07, 6.45) is 0. The zero-order chi connectivity index (χ0) is 19.6. The summed E-state index contributed by atoms with van der Waals surface area (Å²) in [7, 11) is 0. The van der Waals surface area contributed by atoms with E-state index in [1.54, 1.807) is 31.2 Å². The van der Waals surface area contributed by atoms with Gasteiger partial charge in [0.2, 0.25) is 0 Å². The fourth-order valence-corrected chi connectivity index (χ4v) is 2.59. The predicted octanol–water partition coefficient (Wildman–Crippen LogP) is 3.73. The highest BCUT2D eigenvalue weighted by Crippen LogP contribution is 2.18. The second-order valence-electron chi connectivity index (χ2n) is 5.80. The van der Waals surface area contributed by atoms with Crippen molar-refractivity contribution in [2.75, 3.05) is 36.5 Å². The maximum absolute atomic E-state index is 12.1.